The summed E-state index contributed by atoms with van der Waals surface area (Å²) in [5.74, 6) is 0. The van der Waals surface area contributed by atoms with Crippen molar-refractivity contribution >= 4 is 6.03 Å². The number of carbonyl (C=O) groups excluding carboxylic acids is 1. The van der Waals surface area contributed by atoms with E-state index in [2.05, 4.69) is 71.1 Å². The van der Waals surface area contributed by atoms with Crippen molar-refractivity contribution < 1.29 is 4.79 Å². The molecule has 2 aromatic carbocycles. The molecule has 2 aromatic rings. The molecule has 25 heavy (non-hydrogen) atoms. The van der Waals surface area contributed by atoms with Crippen molar-refractivity contribution in [3.05, 3.63) is 71.3 Å². The maximum absolute atomic E-state index is 12.2. The van der Waals surface area contributed by atoms with E-state index in [9.17, 15) is 4.79 Å². The predicted octanol–water partition coefficient (Wildman–Crippen LogP) is 3.50. The quantitative estimate of drug-likeness (QED) is 0.847. The number of aryl methyl sites for hydroxylation is 1. The molecule has 0 saturated heterocycles. The minimum atomic E-state index is -0.0742. The van der Waals surface area contributed by atoms with Gasteiger partial charge in [0, 0.05) is 19.6 Å². The van der Waals surface area contributed by atoms with Crippen LogP contribution in [0.2, 0.25) is 0 Å². The van der Waals surface area contributed by atoms with E-state index < -0.39 is 0 Å². The van der Waals surface area contributed by atoms with Crippen LogP contribution in [0.1, 0.15) is 35.6 Å². The molecule has 4 nitrogen and oxygen atoms in total. The molecule has 4 heteroatoms. The van der Waals surface area contributed by atoms with Gasteiger partial charge in [-0.05, 0) is 43.0 Å². The van der Waals surface area contributed by atoms with Crippen LogP contribution in [0.4, 0.5) is 4.79 Å². The summed E-state index contributed by atoms with van der Waals surface area (Å²) in [5, 5.41) is 6.12. The van der Waals surface area contributed by atoms with Crippen LogP contribution >= 0.6 is 0 Å². The van der Waals surface area contributed by atoms with Crippen molar-refractivity contribution in [2.45, 2.75) is 31.8 Å². The number of nitrogens with zero attached hydrogens (tertiary/aromatic N) is 1. The Kier molecular flexibility index (Phi) is 6.07. The van der Waals surface area contributed by atoms with Gasteiger partial charge in [-0.1, -0.05) is 54.6 Å². The summed E-state index contributed by atoms with van der Waals surface area (Å²) in [6, 6.07) is 18.9. The van der Waals surface area contributed by atoms with Gasteiger partial charge in [0.05, 0.1) is 6.04 Å². The molecule has 0 aliphatic heterocycles. The van der Waals surface area contributed by atoms with Crippen LogP contribution in [0.15, 0.2) is 54.6 Å². The first kappa shape index (κ1) is 17.5. The maximum atomic E-state index is 12.2. The van der Waals surface area contributed by atoms with E-state index >= 15 is 0 Å². The molecule has 0 radical (unpaired) electrons. The van der Waals surface area contributed by atoms with Gasteiger partial charge in [-0.15, -0.1) is 0 Å². The highest BCUT2D eigenvalue weighted by Gasteiger charge is 2.21. The molecule has 1 aliphatic carbocycles. The van der Waals surface area contributed by atoms with Crippen molar-refractivity contribution in [1.82, 2.24) is 15.5 Å². The van der Waals surface area contributed by atoms with Crippen LogP contribution in [0.25, 0.3) is 0 Å². The number of carbonyl (C=O) groups is 1. The summed E-state index contributed by atoms with van der Waals surface area (Å²) in [7, 11) is 2.07. The third kappa shape index (κ3) is 5.07. The van der Waals surface area contributed by atoms with E-state index in [0.717, 1.165) is 32.4 Å². The van der Waals surface area contributed by atoms with Crippen molar-refractivity contribution in [1.29, 1.82) is 0 Å². The number of hydrogen-bond acceptors (Lipinski definition) is 2. The Bertz CT molecular complexity index is 687. The van der Waals surface area contributed by atoms with E-state index in [0.29, 0.717) is 6.54 Å². The topological polar surface area (TPSA) is 44.4 Å². The summed E-state index contributed by atoms with van der Waals surface area (Å²) in [4.78, 5) is 14.4. The van der Waals surface area contributed by atoms with Gasteiger partial charge in [0.15, 0.2) is 0 Å². The zero-order valence-electron chi connectivity index (χ0n) is 14.9. The Balaban J connectivity index is 1.41. The van der Waals surface area contributed by atoms with Crippen LogP contribution in [0, 0.1) is 0 Å². The third-order valence-electron chi connectivity index (χ3n) is 4.75. The van der Waals surface area contributed by atoms with Crippen LogP contribution < -0.4 is 10.6 Å². The number of nitrogens with one attached hydrogen (secondary N) is 2. The number of fused-ring (bicyclic) bond motifs is 1. The molecule has 1 aliphatic rings. The Morgan fingerprint density at radius 1 is 1.12 bits per heavy atom. The molecule has 0 bridgehead atoms. The fourth-order valence-electron chi connectivity index (χ4n) is 3.45. The van der Waals surface area contributed by atoms with Crippen LogP contribution in [0.5, 0.6) is 0 Å². The van der Waals surface area contributed by atoms with Gasteiger partial charge in [-0.2, -0.15) is 0 Å². The first-order valence-corrected chi connectivity index (χ1v) is 9.07. The van der Waals surface area contributed by atoms with Crippen molar-refractivity contribution in [2.75, 3.05) is 20.1 Å². The lowest BCUT2D eigenvalue weighted by atomic mass is 9.88. The van der Waals surface area contributed by atoms with Crippen LogP contribution in [0.3, 0.4) is 0 Å². The van der Waals surface area contributed by atoms with Gasteiger partial charge in [-0.25, -0.2) is 4.79 Å². The van der Waals surface area contributed by atoms with Crippen LogP contribution in [-0.2, 0) is 13.0 Å². The lowest BCUT2D eigenvalue weighted by Gasteiger charge is -2.26. The van der Waals surface area contributed by atoms with Gasteiger partial charge in [0.25, 0.3) is 0 Å². The normalized spacial score (nSPS) is 16.3. The largest absolute Gasteiger partial charge is 0.337 e. The number of likely N-dealkylation sites (N-methyl/N-ethyl adjacent to an activating group) is 1. The fourth-order valence-corrected chi connectivity index (χ4v) is 3.45. The smallest absolute Gasteiger partial charge is 0.315 e. The summed E-state index contributed by atoms with van der Waals surface area (Å²) >= 11 is 0. The Morgan fingerprint density at radius 2 is 1.88 bits per heavy atom. The molecular weight excluding hydrogens is 310 g/mol. The van der Waals surface area contributed by atoms with Gasteiger partial charge < -0.3 is 15.5 Å². The van der Waals surface area contributed by atoms with Crippen LogP contribution in [-0.4, -0.2) is 31.1 Å². The minimum Gasteiger partial charge on any atom is -0.337 e. The molecule has 2 N–H and O–H groups in total. The molecule has 1 unspecified atom stereocenters. The second-order valence-corrected chi connectivity index (χ2v) is 6.77. The molecule has 0 heterocycles. The Labute approximate surface area is 150 Å². The summed E-state index contributed by atoms with van der Waals surface area (Å²) in [6.45, 7) is 2.35. The monoisotopic (exact) mass is 337 g/mol. The average molecular weight is 337 g/mol. The second kappa shape index (κ2) is 8.67. The minimum absolute atomic E-state index is 0.0742. The highest BCUT2D eigenvalue weighted by atomic mass is 16.2. The SMILES string of the molecule is CN(CCNC(=O)NC1CCCc2ccccc21)Cc1ccccc1. The number of benzene rings is 2. The first-order chi connectivity index (χ1) is 12.2. The number of rotatable bonds is 6. The zero-order valence-corrected chi connectivity index (χ0v) is 14.9. The Morgan fingerprint density at radius 3 is 2.72 bits per heavy atom. The molecule has 132 valence electrons. The van der Waals surface area contributed by atoms with E-state index in [4.69, 9.17) is 0 Å². The van der Waals surface area contributed by atoms with Crippen molar-refractivity contribution in [3.8, 4) is 0 Å². The zero-order chi connectivity index (χ0) is 17.5. The average Bonchev–Trinajstić information content (AvgIpc) is 2.63. The van der Waals surface area contributed by atoms with Gasteiger partial charge in [-0.3, -0.25) is 0 Å². The summed E-state index contributed by atoms with van der Waals surface area (Å²) in [5.41, 5.74) is 3.92. The van der Waals surface area contributed by atoms with E-state index in [1.165, 1.54) is 16.7 Å². The highest BCUT2D eigenvalue weighted by Crippen LogP contribution is 2.29. The third-order valence-corrected chi connectivity index (χ3v) is 4.75. The van der Waals surface area contributed by atoms with E-state index in [-0.39, 0.29) is 12.1 Å². The molecule has 0 saturated carbocycles. The number of hydrogen-bond donors (Lipinski definition) is 2. The Hall–Kier alpha value is -2.33. The molecule has 2 amide bonds. The van der Waals surface area contributed by atoms with Gasteiger partial charge in [0.1, 0.15) is 0 Å². The molecule has 1 atom stereocenters. The van der Waals surface area contributed by atoms with E-state index in [1.54, 1.807) is 0 Å². The molecule has 0 fully saturated rings. The van der Waals surface area contributed by atoms with E-state index in [1.807, 2.05) is 6.07 Å². The number of urea groups is 1. The number of amides is 2. The maximum Gasteiger partial charge on any atom is 0.315 e. The second-order valence-electron chi connectivity index (χ2n) is 6.77. The molecular formula is C21H27N3O. The van der Waals surface area contributed by atoms with Gasteiger partial charge >= 0.3 is 6.03 Å². The molecule has 0 spiro atoms. The van der Waals surface area contributed by atoms with Crippen molar-refractivity contribution in [3.63, 3.8) is 0 Å². The van der Waals surface area contributed by atoms with Crippen molar-refractivity contribution in [2.24, 2.45) is 0 Å². The van der Waals surface area contributed by atoms with Gasteiger partial charge in [0.2, 0.25) is 0 Å². The standard InChI is InChI=1S/C21H27N3O/c1-24(16-17-8-3-2-4-9-17)15-14-22-21(25)23-20-13-7-11-18-10-5-6-12-19(18)20/h2-6,8-10,12,20H,7,11,13-16H2,1H3,(H2,22,23,25). The summed E-state index contributed by atoms with van der Waals surface area (Å²) in [6.07, 6.45) is 3.25. The fraction of sp³-hybridized carbons (Fsp3) is 0.381. The lowest BCUT2D eigenvalue weighted by Crippen LogP contribution is -2.41. The lowest BCUT2D eigenvalue weighted by molar-refractivity contribution is 0.233. The molecule has 3 rings (SSSR count). The highest BCUT2D eigenvalue weighted by molar-refractivity contribution is 5.74. The first-order valence-electron chi connectivity index (χ1n) is 9.07. The molecule has 0 aromatic heterocycles. The summed E-state index contributed by atoms with van der Waals surface area (Å²) < 4.78 is 0. The predicted molar refractivity (Wildman–Crippen MR) is 101 cm³/mol.